The summed E-state index contributed by atoms with van der Waals surface area (Å²) in [7, 11) is 0. The van der Waals surface area contributed by atoms with E-state index in [2.05, 4.69) is 25.6 Å². The van der Waals surface area contributed by atoms with Crippen LogP contribution in [0.15, 0.2) is 12.1 Å². The van der Waals surface area contributed by atoms with E-state index in [0.29, 0.717) is 38.4 Å². The van der Waals surface area contributed by atoms with Gasteiger partial charge in [0.1, 0.15) is 23.8 Å². The van der Waals surface area contributed by atoms with Gasteiger partial charge in [-0.25, -0.2) is 9.37 Å². The number of ether oxygens (including phenoxy) is 1. The SMILES string of the molecule is Cc1cc(N)nc(-c2c(Cl)cc3c(N4CCNC[C@@H]4C)nc(OC[C@@H]4C[C@@H](CF)CN4)nc3c2F)c1C(F)(F)F. The maximum atomic E-state index is 16.3. The topological polar surface area (TPSA) is 101 Å². The lowest BCUT2D eigenvalue weighted by Crippen LogP contribution is -2.50. The summed E-state index contributed by atoms with van der Waals surface area (Å²) in [6.45, 7) is 5.15. The molecule has 0 spiro atoms. The average Bonchev–Trinajstić information content (AvgIpc) is 3.35. The molecular weight excluding hydrogens is 557 g/mol. The molecule has 40 heavy (non-hydrogen) atoms. The average molecular weight is 586 g/mol. The summed E-state index contributed by atoms with van der Waals surface area (Å²) in [6, 6.07) is 2.08. The number of hydrogen-bond acceptors (Lipinski definition) is 8. The number of benzene rings is 1. The minimum Gasteiger partial charge on any atom is -0.462 e. The van der Waals surface area contributed by atoms with Gasteiger partial charge in [-0.3, -0.25) is 4.39 Å². The van der Waals surface area contributed by atoms with Crippen molar-refractivity contribution in [3.63, 3.8) is 0 Å². The fraction of sp³-hybridized carbons (Fsp3) is 0.500. The molecule has 4 N–H and O–H groups in total. The number of halogens is 6. The van der Waals surface area contributed by atoms with E-state index in [-0.39, 0.29) is 57.9 Å². The van der Waals surface area contributed by atoms with Crippen molar-refractivity contribution in [3.05, 3.63) is 34.1 Å². The molecule has 2 saturated heterocycles. The second-order valence-corrected chi connectivity index (χ2v) is 10.7. The van der Waals surface area contributed by atoms with Gasteiger partial charge in [0, 0.05) is 49.6 Å². The molecule has 0 radical (unpaired) electrons. The molecule has 3 atom stereocenters. The third-order valence-electron chi connectivity index (χ3n) is 7.32. The highest BCUT2D eigenvalue weighted by Crippen LogP contribution is 2.44. The molecule has 1 aromatic carbocycles. The fourth-order valence-corrected chi connectivity index (χ4v) is 5.66. The van der Waals surface area contributed by atoms with E-state index >= 15 is 4.39 Å². The summed E-state index contributed by atoms with van der Waals surface area (Å²) >= 11 is 6.49. The summed E-state index contributed by atoms with van der Waals surface area (Å²) in [5.41, 5.74) is 2.86. The third kappa shape index (κ3) is 5.46. The van der Waals surface area contributed by atoms with Gasteiger partial charge in [0.25, 0.3) is 0 Å². The fourth-order valence-electron chi connectivity index (χ4n) is 5.37. The molecule has 0 amide bonds. The Bertz CT molecular complexity index is 1420. The molecule has 0 saturated carbocycles. The van der Waals surface area contributed by atoms with Crippen LogP contribution in [0.1, 0.15) is 24.5 Å². The molecule has 3 aromatic rings. The smallest absolute Gasteiger partial charge is 0.418 e. The number of fused-ring (bicyclic) bond motifs is 1. The molecule has 0 aliphatic carbocycles. The van der Waals surface area contributed by atoms with Crippen molar-refractivity contribution in [2.75, 3.05) is 50.1 Å². The standard InChI is InChI=1S/C26H29ClF5N7O/c1-12-5-18(33)36-23(20(12)26(30,31)32)19-17(27)7-16-22(21(19)29)37-25(40-11-15-6-14(8-28)10-35-15)38-24(16)39-4-3-34-9-13(39)2/h5,7,13-15,34-35H,3-4,6,8-11H2,1-2H3,(H2,33,36)/t13-,14-,15-/m0/s1. The summed E-state index contributed by atoms with van der Waals surface area (Å²) in [6.07, 6.45) is -4.29. The van der Waals surface area contributed by atoms with Crippen LogP contribution in [0, 0.1) is 18.7 Å². The molecule has 2 fully saturated rings. The van der Waals surface area contributed by atoms with Crippen LogP contribution in [0.5, 0.6) is 6.01 Å². The number of alkyl halides is 4. The van der Waals surface area contributed by atoms with E-state index in [4.69, 9.17) is 22.1 Å². The van der Waals surface area contributed by atoms with E-state index in [0.717, 1.165) is 6.07 Å². The number of anilines is 2. The molecule has 216 valence electrons. The van der Waals surface area contributed by atoms with Gasteiger partial charge in [0.05, 0.1) is 28.5 Å². The summed E-state index contributed by atoms with van der Waals surface area (Å²) in [4.78, 5) is 14.6. The van der Waals surface area contributed by atoms with Crippen LogP contribution < -0.4 is 26.0 Å². The van der Waals surface area contributed by atoms with E-state index < -0.39 is 35.5 Å². The number of nitrogens with one attached hydrogen (secondary N) is 2. The van der Waals surface area contributed by atoms with Crippen LogP contribution in [-0.2, 0) is 6.18 Å². The van der Waals surface area contributed by atoms with E-state index in [1.165, 1.54) is 13.0 Å². The van der Waals surface area contributed by atoms with E-state index in [1.54, 1.807) is 0 Å². The Hall–Kier alpha value is -3.03. The van der Waals surface area contributed by atoms with Crippen molar-refractivity contribution in [1.29, 1.82) is 0 Å². The maximum absolute atomic E-state index is 16.3. The first kappa shape index (κ1) is 28.5. The van der Waals surface area contributed by atoms with Gasteiger partial charge >= 0.3 is 12.2 Å². The first-order valence-corrected chi connectivity index (χ1v) is 13.3. The zero-order chi connectivity index (χ0) is 28.8. The highest BCUT2D eigenvalue weighted by Gasteiger charge is 2.39. The number of aromatic nitrogens is 3. The van der Waals surface area contributed by atoms with Crippen LogP contribution >= 0.6 is 11.6 Å². The molecule has 5 rings (SSSR count). The summed E-state index contributed by atoms with van der Waals surface area (Å²) in [5.74, 6) is -1.09. The van der Waals surface area contributed by atoms with Crippen molar-refractivity contribution in [1.82, 2.24) is 25.6 Å². The number of rotatable bonds is 6. The number of piperazine rings is 1. The van der Waals surface area contributed by atoms with Crippen molar-refractivity contribution in [2.45, 2.75) is 38.5 Å². The minimum absolute atomic E-state index is 0.0434. The number of nitrogens with two attached hydrogens (primary N) is 1. The van der Waals surface area contributed by atoms with Crippen molar-refractivity contribution in [2.24, 2.45) is 5.92 Å². The number of nitrogens with zero attached hydrogens (tertiary/aromatic N) is 4. The quantitative estimate of drug-likeness (QED) is 0.363. The molecule has 14 heteroatoms. The van der Waals surface area contributed by atoms with Crippen LogP contribution in [-0.4, -0.2) is 66.5 Å². The van der Waals surface area contributed by atoms with Crippen LogP contribution in [0.4, 0.5) is 33.6 Å². The predicted octanol–water partition coefficient (Wildman–Crippen LogP) is 4.52. The number of hydrogen-bond donors (Lipinski definition) is 3. The Morgan fingerprint density at radius 2 is 1.98 bits per heavy atom. The lowest BCUT2D eigenvalue weighted by Gasteiger charge is -2.35. The number of aryl methyl sites for hydroxylation is 1. The van der Waals surface area contributed by atoms with Gasteiger partial charge in [-0.05, 0) is 38.0 Å². The molecular formula is C26H29ClF5N7O. The highest BCUT2D eigenvalue weighted by atomic mass is 35.5. The lowest BCUT2D eigenvalue weighted by atomic mass is 9.99. The minimum atomic E-state index is -4.85. The molecule has 4 heterocycles. The Morgan fingerprint density at radius 3 is 2.65 bits per heavy atom. The van der Waals surface area contributed by atoms with Crippen molar-refractivity contribution >= 4 is 34.1 Å². The van der Waals surface area contributed by atoms with E-state index in [1.807, 2.05) is 11.8 Å². The Balaban J connectivity index is 1.67. The Labute approximate surface area is 232 Å². The van der Waals surface area contributed by atoms with Crippen molar-refractivity contribution in [3.8, 4) is 17.3 Å². The van der Waals surface area contributed by atoms with Gasteiger partial charge in [0.2, 0.25) is 0 Å². The Morgan fingerprint density at radius 1 is 1.20 bits per heavy atom. The maximum Gasteiger partial charge on any atom is 0.418 e. The molecule has 8 nitrogen and oxygen atoms in total. The predicted molar refractivity (Wildman–Crippen MR) is 143 cm³/mol. The van der Waals surface area contributed by atoms with Crippen LogP contribution in [0.3, 0.4) is 0 Å². The monoisotopic (exact) mass is 585 g/mol. The van der Waals surface area contributed by atoms with Crippen LogP contribution in [0.25, 0.3) is 22.2 Å². The zero-order valence-electron chi connectivity index (χ0n) is 21.9. The third-order valence-corrected chi connectivity index (χ3v) is 7.62. The highest BCUT2D eigenvalue weighted by molar-refractivity contribution is 6.34. The van der Waals surface area contributed by atoms with Gasteiger partial charge in [-0.1, -0.05) is 11.6 Å². The van der Waals surface area contributed by atoms with Crippen molar-refractivity contribution < 1.29 is 26.7 Å². The first-order valence-electron chi connectivity index (χ1n) is 12.9. The van der Waals surface area contributed by atoms with Gasteiger partial charge < -0.3 is 26.0 Å². The first-order chi connectivity index (χ1) is 19.0. The van der Waals surface area contributed by atoms with Gasteiger partial charge in [-0.2, -0.15) is 23.1 Å². The second kappa shape index (κ2) is 11.1. The van der Waals surface area contributed by atoms with Gasteiger partial charge in [-0.15, -0.1) is 0 Å². The number of nitrogen functional groups attached to an aromatic ring is 1. The Kier molecular flexibility index (Phi) is 7.90. The summed E-state index contributed by atoms with van der Waals surface area (Å²) in [5, 5.41) is 6.37. The van der Waals surface area contributed by atoms with Crippen LogP contribution in [0.2, 0.25) is 5.02 Å². The second-order valence-electron chi connectivity index (χ2n) is 10.3. The zero-order valence-corrected chi connectivity index (χ0v) is 22.6. The normalized spacial score (nSPS) is 21.8. The van der Waals surface area contributed by atoms with Gasteiger partial charge in [0.15, 0.2) is 5.82 Å². The lowest BCUT2D eigenvalue weighted by molar-refractivity contribution is -0.137. The largest absolute Gasteiger partial charge is 0.462 e. The molecule has 2 aromatic heterocycles. The molecule has 0 unspecified atom stereocenters. The molecule has 0 bridgehead atoms. The summed E-state index contributed by atoms with van der Waals surface area (Å²) < 4.78 is 77.5. The van der Waals surface area contributed by atoms with E-state index in [9.17, 15) is 17.6 Å². The molecule has 2 aliphatic heterocycles. The number of pyridine rings is 1. The molecule has 2 aliphatic rings.